The van der Waals surface area contributed by atoms with Crippen LogP contribution in [0.2, 0.25) is 0 Å². The molecule has 0 aromatic carbocycles. The van der Waals surface area contributed by atoms with E-state index in [4.69, 9.17) is 5.73 Å². The fourth-order valence-electron chi connectivity index (χ4n) is 2.24. The van der Waals surface area contributed by atoms with Crippen molar-refractivity contribution in [1.29, 1.82) is 0 Å². The van der Waals surface area contributed by atoms with E-state index in [1.165, 1.54) is 0 Å². The standard InChI is InChI=1S/C11H17N3O/c1-6(2)10-9-7(12)4-3-5-8(9)13-11(15)14-10/h6-7H,3-5,12H2,1-2H3,(H,13,14,15). The maximum Gasteiger partial charge on any atom is 0.345 e. The van der Waals surface area contributed by atoms with Gasteiger partial charge in [0.2, 0.25) is 0 Å². The zero-order valence-electron chi connectivity index (χ0n) is 9.21. The smallest absolute Gasteiger partial charge is 0.324 e. The average Bonchev–Trinajstić information content (AvgIpc) is 2.16. The van der Waals surface area contributed by atoms with Crippen LogP contribution in [0.3, 0.4) is 0 Å². The van der Waals surface area contributed by atoms with E-state index in [9.17, 15) is 4.79 Å². The van der Waals surface area contributed by atoms with Crippen LogP contribution in [-0.4, -0.2) is 9.97 Å². The number of hydrogen-bond acceptors (Lipinski definition) is 3. The van der Waals surface area contributed by atoms with E-state index >= 15 is 0 Å². The number of rotatable bonds is 1. The summed E-state index contributed by atoms with van der Waals surface area (Å²) in [6, 6.07) is 0.0375. The molecule has 0 bridgehead atoms. The van der Waals surface area contributed by atoms with Crippen LogP contribution in [0.25, 0.3) is 0 Å². The van der Waals surface area contributed by atoms with Crippen molar-refractivity contribution < 1.29 is 0 Å². The molecule has 15 heavy (non-hydrogen) atoms. The minimum Gasteiger partial charge on any atom is -0.324 e. The predicted molar refractivity (Wildman–Crippen MR) is 58.8 cm³/mol. The lowest BCUT2D eigenvalue weighted by Gasteiger charge is -2.24. The maximum atomic E-state index is 11.4. The number of aromatic nitrogens is 2. The fraction of sp³-hybridized carbons (Fsp3) is 0.636. The minimum absolute atomic E-state index is 0.0375. The molecule has 1 aliphatic rings. The summed E-state index contributed by atoms with van der Waals surface area (Å²) in [5, 5.41) is 0. The van der Waals surface area contributed by atoms with Gasteiger partial charge in [0.05, 0.1) is 5.69 Å². The van der Waals surface area contributed by atoms with Crippen molar-refractivity contribution >= 4 is 0 Å². The van der Waals surface area contributed by atoms with Gasteiger partial charge >= 0.3 is 5.69 Å². The molecule has 0 aliphatic heterocycles. The lowest BCUT2D eigenvalue weighted by molar-refractivity contribution is 0.540. The largest absolute Gasteiger partial charge is 0.345 e. The number of aromatic amines is 1. The number of fused-ring (bicyclic) bond motifs is 1. The summed E-state index contributed by atoms with van der Waals surface area (Å²) in [6.45, 7) is 4.09. The number of nitrogens with two attached hydrogens (primary N) is 1. The lowest BCUT2D eigenvalue weighted by Crippen LogP contribution is -2.27. The van der Waals surface area contributed by atoms with Gasteiger partial charge in [-0.1, -0.05) is 13.8 Å². The van der Waals surface area contributed by atoms with Gasteiger partial charge in [-0.05, 0) is 25.2 Å². The monoisotopic (exact) mass is 207 g/mol. The molecule has 0 radical (unpaired) electrons. The molecular formula is C11H17N3O. The van der Waals surface area contributed by atoms with Crippen LogP contribution in [0.4, 0.5) is 0 Å². The highest BCUT2D eigenvalue weighted by Crippen LogP contribution is 2.30. The van der Waals surface area contributed by atoms with Crippen LogP contribution in [0.15, 0.2) is 4.79 Å². The molecule has 1 heterocycles. The first-order chi connectivity index (χ1) is 7.09. The summed E-state index contributed by atoms with van der Waals surface area (Å²) in [6.07, 6.45) is 2.95. The van der Waals surface area contributed by atoms with Crippen LogP contribution in [0.1, 0.15) is 55.6 Å². The summed E-state index contributed by atoms with van der Waals surface area (Å²) in [5.41, 5.74) is 8.78. The number of aryl methyl sites for hydroxylation is 1. The number of nitrogens with zero attached hydrogens (tertiary/aromatic N) is 1. The van der Waals surface area contributed by atoms with Crippen LogP contribution < -0.4 is 11.4 Å². The summed E-state index contributed by atoms with van der Waals surface area (Å²) in [4.78, 5) is 18.2. The highest BCUT2D eigenvalue weighted by molar-refractivity contribution is 5.32. The fourth-order valence-corrected chi connectivity index (χ4v) is 2.24. The summed E-state index contributed by atoms with van der Waals surface area (Å²) in [5.74, 6) is 0.255. The topological polar surface area (TPSA) is 71.8 Å². The minimum atomic E-state index is -0.244. The van der Waals surface area contributed by atoms with E-state index in [1.54, 1.807) is 0 Å². The average molecular weight is 207 g/mol. The molecule has 1 aromatic heterocycles. The molecule has 1 atom stereocenters. The van der Waals surface area contributed by atoms with Crippen molar-refractivity contribution in [2.45, 2.75) is 45.1 Å². The first-order valence-corrected chi connectivity index (χ1v) is 5.48. The Bertz CT molecular complexity index is 422. The number of nitrogens with one attached hydrogen (secondary N) is 1. The SMILES string of the molecule is CC(C)c1nc(=O)[nH]c2c1C(N)CCC2. The molecule has 4 heteroatoms. The summed E-state index contributed by atoms with van der Waals surface area (Å²) in [7, 11) is 0. The van der Waals surface area contributed by atoms with Gasteiger partial charge in [0.25, 0.3) is 0 Å². The Labute approximate surface area is 88.9 Å². The van der Waals surface area contributed by atoms with Crippen molar-refractivity contribution in [1.82, 2.24) is 9.97 Å². The zero-order valence-corrected chi connectivity index (χ0v) is 9.21. The highest BCUT2D eigenvalue weighted by Gasteiger charge is 2.23. The maximum absolute atomic E-state index is 11.4. The lowest BCUT2D eigenvalue weighted by atomic mass is 9.88. The van der Waals surface area contributed by atoms with E-state index in [-0.39, 0.29) is 17.6 Å². The molecule has 0 fully saturated rings. The van der Waals surface area contributed by atoms with E-state index < -0.39 is 0 Å². The van der Waals surface area contributed by atoms with Gasteiger partial charge in [0.1, 0.15) is 0 Å². The molecule has 1 unspecified atom stereocenters. The number of hydrogen-bond donors (Lipinski definition) is 2. The van der Waals surface area contributed by atoms with Crippen LogP contribution in [-0.2, 0) is 6.42 Å². The molecule has 0 spiro atoms. The van der Waals surface area contributed by atoms with E-state index in [0.717, 1.165) is 36.2 Å². The molecule has 0 saturated carbocycles. The molecule has 0 amide bonds. The van der Waals surface area contributed by atoms with Crippen LogP contribution in [0, 0.1) is 0 Å². The normalized spacial score (nSPS) is 20.4. The van der Waals surface area contributed by atoms with Gasteiger partial charge < -0.3 is 10.7 Å². The Kier molecular flexibility index (Phi) is 2.61. The molecule has 3 N–H and O–H groups in total. The Morgan fingerprint density at radius 1 is 1.53 bits per heavy atom. The third-order valence-corrected chi connectivity index (χ3v) is 2.94. The molecule has 1 aromatic rings. The van der Waals surface area contributed by atoms with Crippen LogP contribution in [0.5, 0.6) is 0 Å². The van der Waals surface area contributed by atoms with Crippen molar-refractivity contribution in [2.75, 3.05) is 0 Å². The summed E-state index contributed by atoms with van der Waals surface area (Å²) < 4.78 is 0. The van der Waals surface area contributed by atoms with Gasteiger partial charge in [-0.3, -0.25) is 0 Å². The Morgan fingerprint density at radius 3 is 2.93 bits per heavy atom. The second kappa shape index (κ2) is 3.77. The van der Waals surface area contributed by atoms with Crippen molar-refractivity contribution in [2.24, 2.45) is 5.73 Å². The zero-order chi connectivity index (χ0) is 11.0. The third kappa shape index (κ3) is 1.81. The van der Waals surface area contributed by atoms with Crippen molar-refractivity contribution in [3.8, 4) is 0 Å². The second-order valence-corrected chi connectivity index (χ2v) is 4.47. The van der Waals surface area contributed by atoms with Crippen molar-refractivity contribution in [3.05, 3.63) is 27.4 Å². The Morgan fingerprint density at radius 2 is 2.27 bits per heavy atom. The molecular weight excluding hydrogens is 190 g/mol. The molecule has 82 valence electrons. The van der Waals surface area contributed by atoms with Crippen molar-refractivity contribution in [3.63, 3.8) is 0 Å². The van der Waals surface area contributed by atoms with Gasteiger partial charge in [-0.15, -0.1) is 0 Å². The van der Waals surface area contributed by atoms with E-state index in [0.29, 0.717) is 0 Å². The molecule has 4 nitrogen and oxygen atoms in total. The quantitative estimate of drug-likeness (QED) is 0.727. The molecule has 0 saturated heterocycles. The molecule has 1 aliphatic carbocycles. The molecule has 2 rings (SSSR count). The predicted octanol–water partition coefficient (Wildman–Crippen LogP) is 1.23. The van der Waals surface area contributed by atoms with E-state index in [1.807, 2.05) is 13.8 Å². The van der Waals surface area contributed by atoms with E-state index in [2.05, 4.69) is 9.97 Å². The third-order valence-electron chi connectivity index (χ3n) is 2.94. The van der Waals surface area contributed by atoms with Gasteiger partial charge in [0, 0.05) is 17.3 Å². The second-order valence-electron chi connectivity index (χ2n) is 4.47. The first kappa shape index (κ1) is 10.4. The van der Waals surface area contributed by atoms with Gasteiger partial charge in [0.15, 0.2) is 0 Å². The Balaban J connectivity index is 2.63. The highest BCUT2D eigenvalue weighted by atomic mass is 16.1. The Hall–Kier alpha value is -1.16. The van der Waals surface area contributed by atoms with Gasteiger partial charge in [-0.2, -0.15) is 4.98 Å². The van der Waals surface area contributed by atoms with Gasteiger partial charge in [-0.25, -0.2) is 4.79 Å². The number of H-pyrrole nitrogens is 1. The first-order valence-electron chi connectivity index (χ1n) is 5.48. The van der Waals surface area contributed by atoms with Crippen LogP contribution >= 0.6 is 0 Å². The summed E-state index contributed by atoms with van der Waals surface area (Å²) >= 11 is 0.